The molecule has 0 unspecified atom stereocenters. The second-order valence-electron chi connectivity index (χ2n) is 9.40. The number of hydrogen-bond acceptors (Lipinski definition) is 7. The summed E-state index contributed by atoms with van der Waals surface area (Å²) >= 11 is -1.46. The molecule has 0 radical (unpaired) electrons. The van der Waals surface area contributed by atoms with Crippen LogP contribution in [0, 0.1) is 5.41 Å². The van der Waals surface area contributed by atoms with Gasteiger partial charge in [-0.1, -0.05) is 20.8 Å². The Morgan fingerprint density at radius 3 is 1.88 bits per heavy atom. The Morgan fingerprint density at radius 1 is 1.04 bits per heavy atom. The predicted molar refractivity (Wildman–Crippen MR) is 102 cm³/mol. The molecule has 3 atom stereocenters. The van der Waals surface area contributed by atoms with Gasteiger partial charge in [-0.25, -0.2) is 9.59 Å². The summed E-state index contributed by atoms with van der Waals surface area (Å²) in [5.74, 6) is -0.733. The molecule has 0 bridgehead atoms. The van der Waals surface area contributed by atoms with Gasteiger partial charge in [0.2, 0.25) is 6.10 Å². The van der Waals surface area contributed by atoms with E-state index in [0.717, 1.165) is 0 Å². The fourth-order valence-electron chi connectivity index (χ4n) is 1.97. The van der Waals surface area contributed by atoms with Crippen molar-refractivity contribution in [3.8, 4) is 0 Å². The maximum absolute atomic E-state index is 12.6. The third kappa shape index (κ3) is 10.2. The van der Waals surface area contributed by atoms with Gasteiger partial charge in [0.15, 0.2) is 0 Å². The van der Waals surface area contributed by atoms with Gasteiger partial charge in [0.25, 0.3) is 0 Å². The van der Waals surface area contributed by atoms with Gasteiger partial charge in [-0.2, -0.15) is 0 Å². The zero-order chi connectivity index (χ0) is 20.9. The van der Waals surface area contributed by atoms with Crippen LogP contribution in [0.15, 0.2) is 0 Å². The highest BCUT2D eigenvalue weighted by Crippen LogP contribution is 2.26. The summed E-state index contributed by atoms with van der Waals surface area (Å²) in [5.41, 5.74) is -0.984. The van der Waals surface area contributed by atoms with Crippen LogP contribution in [0.3, 0.4) is 0 Å². The van der Waals surface area contributed by atoms with Gasteiger partial charge in [-0.05, 0) is 53.4 Å². The molecule has 0 aromatic carbocycles. The summed E-state index contributed by atoms with van der Waals surface area (Å²) in [6.45, 7) is 16.4. The van der Waals surface area contributed by atoms with Gasteiger partial charge in [0.1, 0.15) is 16.4 Å². The Bertz CT molecular complexity index is 476. The monoisotopic (exact) mass is 393 g/mol. The quantitative estimate of drug-likeness (QED) is 0.546. The minimum Gasteiger partial charge on any atom is -0.598 e. The molecule has 0 aliphatic rings. The number of carbonyl (C=O) groups is 2. The minimum atomic E-state index is -1.46. The van der Waals surface area contributed by atoms with Crippen LogP contribution in [0.5, 0.6) is 0 Å². The molecule has 7 nitrogen and oxygen atoms in total. The number of rotatable bonds is 6. The minimum absolute atomic E-state index is 0.219. The van der Waals surface area contributed by atoms with E-state index in [-0.39, 0.29) is 5.41 Å². The average molecular weight is 394 g/mol. The number of carbonyl (C=O) groups excluding carboxylic acids is 2. The van der Waals surface area contributed by atoms with Crippen molar-refractivity contribution in [2.24, 2.45) is 5.41 Å². The van der Waals surface area contributed by atoms with Crippen LogP contribution in [0.4, 0.5) is 4.79 Å². The average Bonchev–Trinajstić information content (AvgIpc) is 2.38. The molecule has 1 N–H and O–H groups in total. The summed E-state index contributed by atoms with van der Waals surface area (Å²) in [4.78, 5) is 24.4. The summed E-state index contributed by atoms with van der Waals surface area (Å²) in [5, 5.41) is 0. The summed E-state index contributed by atoms with van der Waals surface area (Å²) in [6, 6.07) is -0.699. The lowest BCUT2D eigenvalue weighted by Gasteiger charge is -2.34. The Kier molecular flexibility index (Phi) is 8.93. The molecule has 0 saturated heterocycles. The molecule has 0 heterocycles. The van der Waals surface area contributed by atoms with Crippen molar-refractivity contribution >= 4 is 23.5 Å². The standard InChI is InChI=1S/C18H35NO6S/c1-16(2,3)11-12(19-26(22)18(7,8)9)13(14(20)23-10)24-15(21)25-17(4,5)6/h12-13,19H,11H2,1-10H3/t12-,13+,26+/m1/s1. The van der Waals surface area contributed by atoms with Crippen molar-refractivity contribution < 1.29 is 28.4 Å². The normalized spacial score (nSPS) is 16.4. The molecule has 0 aromatic rings. The van der Waals surface area contributed by atoms with Crippen LogP contribution in [0.2, 0.25) is 0 Å². The van der Waals surface area contributed by atoms with Crippen LogP contribution in [-0.4, -0.2) is 46.3 Å². The number of hydrogen-bond donors (Lipinski definition) is 1. The van der Waals surface area contributed by atoms with Gasteiger partial charge in [-0.15, -0.1) is 4.72 Å². The largest absolute Gasteiger partial charge is 0.598 e. The van der Waals surface area contributed by atoms with E-state index >= 15 is 0 Å². The molecule has 0 aromatic heterocycles. The number of esters is 1. The second-order valence-corrected chi connectivity index (χ2v) is 11.4. The first-order valence-corrected chi connectivity index (χ1v) is 9.77. The summed E-state index contributed by atoms with van der Waals surface area (Å²) < 4.78 is 30.2. The molecular weight excluding hydrogens is 358 g/mol. The highest BCUT2D eigenvalue weighted by molar-refractivity contribution is 7.90. The second kappa shape index (κ2) is 9.28. The van der Waals surface area contributed by atoms with Gasteiger partial charge >= 0.3 is 12.1 Å². The molecule has 0 aliphatic carbocycles. The fraction of sp³-hybridized carbons (Fsp3) is 0.889. The molecule has 0 fully saturated rings. The molecule has 0 rings (SSSR count). The van der Waals surface area contributed by atoms with E-state index < -0.39 is 46.0 Å². The first kappa shape index (κ1) is 25.0. The Labute approximate surface area is 160 Å². The van der Waals surface area contributed by atoms with Crippen molar-refractivity contribution in [3.63, 3.8) is 0 Å². The molecular formula is C18H35NO6S. The number of methoxy groups -OCH3 is 1. The molecule has 154 valence electrons. The Balaban J connectivity index is 5.58. The van der Waals surface area contributed by atoms with Crippen molar-refractivity contribution in [1.82, 2.24) is 4.72 Å². The lowest BCUT2D eigenvalue weighted by molar-refractivity contribution is -0.155. The van der Waals surface area contributed by atoms with Crippen molar-refractivity contribution in [3.05, 3.63) is 0 Å². The highest BCUT2D eigenvalue weighted by Gasteiger charge is 2.41. The molecule has 0 amide bonds. The third-order valence-corrected chi connectivity index (χ3v) is 4.69. The van der Waals surface area contributed by atoms with E-state index in [2.05, 4.69) is 4.72 Å². The third-order valence-electron chi connectivity index (χ3n) is 3.06. The zero-order valence-corrected chi connectivity index (χ0v) is 18.5. The van der Waals surface area contributed by atoms with Gasteiger partial charge < -0.3 is 18.8 Å². The van der Waals surface area contributed by atoms with Gasteiger partial charge in [-0.3, -0.25) is 0 Å². The lowest BCUT2D eigenvalue weighted by atomic mass is 9.86. The van der Waals surface area contributed by atoms with E-state index in [0.29, 0.717) is 6.42 Å². The van der Waals surface area contributed by atoms with Crippen LogP contribution in [0.1, 0.15) is 68.7 Å². The first-order valence-electron chi connectivity index (χ1n) is 8.62. The van der Waals surface area contributed by atoms with Crippen molar-refractivity contribution in [2.75, 3.05) is 7.11 Å². The Morgan fingerprint density at radius 2 is 1.54 bits per heavy atom. The SMILES string of the molecule is COC(=O)[C@@H](OC(=O)OC(C)(C)C)[C@@H](CC(C)(C)C)N[S@@+]([O-])C(C)(C)C. The fourth-order valence-corrected chi connectivity index (χ4v) is 2.81. The maximum Gasteiger partial charge on any atom is 0.509 e. The molecule has 0 saturated carbocycles. The van der Waals surface area contributed by atoms with E-state index in [1.54, 1.807) is 20.8 Å². The van der Waals surface area contributed by atoms with Crippen LogP contribution >= 0.6 is 0 Å². The molecule has 0 aliphatic heterocycles. The zero-order valence-electron chi connectivity index (χ0n) is 17.7. The summed E-state index contributed by atoms with van der Waals surface area (Å²) in [6.07, 6.45) is -1.83. The summed E-state index contributed by atoms with van der Waals surface area (Å²) in [7, 11) is 1.21. The van der Waals surface area contributed by atoms with Crippen LogP contribution < -0.4 is 4.72 Å². The molecule has 0 spiro atoms. The smallest absolute Gasteiger partial charge is 0.509 e. The molecule has 26 heavy (non-hydrogen) atoms. The lowest BCUT2D eigenvalue weighted by Crippen LogP contribution is -2.54. The van der Waals surface area contributed by atoms with Gasteiger partial charge in [0.05, 0.1) is 7.11 Å². The predicted octanol–water partition coefficient (Wildman–Crippen LogP) is 3.34. The Hall–Kier alpha value is -0.990. The van der Waals surface area contributed by atoms with Crippen LogP contribution in [0.25, 0.3) is 0 Å². The van der Waals surface area contributed by atoms with E-state index in [4.69, 9.17) is 14.2 Å². The maximum atomic E-state index is 12.6. The van der Waals surface area contributed by atoms with E-state index in [1.165, 1.54) is 7.11 Å². The number of nitrogens with one attached hydrogen (secondary N) is 1. The topological polar surface area (TPSA) is 96.9 Å². The first-order chi connectivity index (χ1) is 11.5. The number of ether oxygens (including phenoxy) is 3. The van der Waals surface area contributed by atoms with Crippen LogP contribution in [-0.2, 0) is 30.4 Å². The van der Waals surface area contributed by atoms with Crippen molar-refractivity contribution in [2.45, 2.75) is 91.2 Å². The van der Waals surface area contributed by atoms with E-state index in [1.807, 2.05) is 41.5 Å². The molecule has 8 heteroatoms. The van der Waals surface area contributed by atoms with E-state index in [9.17, 15) is 14.1 Å². The van der Waals surface area contributed by atoms with Gasteiger partial charge in [0, 0.05) is 11.4 Å². The van der Waals surface area contributed by atoms with Crippen molar-refractivity contribution in [1.29, 1.82) is 0 Å². The highest BCUT2D eigenvalue weighted by atomic mass is 32.2.